The van der Waals surface area contributed by atoms with Gasteiger partial charge in [-0.15, -0.1) is 0 Å². The van der Waals surface area contributed by atoms with Gasteiger partial charge in [0, 0.05) is 5.56 Å². The molecule has 22 heavy (non-hydrogen) atoms. The molecule has 0 spiro atoms. The number of carbonyl (C=O) groups is 1. The quantitative estimate of drug-likeness (QED) is 0.361. The van der Waals surface area contributed by atoms with Crippen LogP contribution in [-0.2, 0) is 16.5 Å². The van der Waals surface area contributed by atoms with E-state index in [9.17, 15) is 13.2 Å². The first-order valence-electron chi connectivity index (χ1n) is 6.57. The van der Waals surface area contributed by atoms with Crippen molar-refractivity contribution >= 4 is 16.0 Å². The highest BCUT2D eigenvalue weighted by atomic mass is 32.2. The predicted molar refractivity (Wildman–Crippen MR) is 82.7 cm³/mol. The Morgan fingerprint density at radius 1 is 1.05 bits per heavy atom. The molecule has 0 aliphatic heterocycles. The molecule has 0 saturated heterocycles. The van der Waals surface area contributed by atoms with Crippen molar-refractivity contribution in [2.24, 2.45) is 5.84 Å². The molecule has 2 aromatic rings. The van der Waals surface area contributed by atoms with Crippen molar-refractivity contribution < 1.29 is 17.4 Å². The summed E-state index contributed by atoms with van der Waals surface area (Å²) in [5, 5.41) is 0. The summed E-state index contributed by atoms with van der Waals surface area (Å²) in [7, 11) is -3.70. The first-order valence-corrected chi connectivity index (χ1v) is 8.15. The van der Waals surface area contributed by atoms with Gasteiger partial charge in [0.15, 0.2) is 0 Å². The third-order valence-corrected chi connectivity index (χ3v) is 4.10. The number of hydrazine groups is 1. The minimum Gasteiger partial charge on any atom is -0.382 e. The second kappa shape index (κ2) is 7.06. The molecule has 0 aliphatic rings. The number of nitrogens with one attached hydrogen (secondary N) is 1. The van der Waals surface area contributed by atoms with Crippen molar-refractivity contribution in [2.45, 2.75) is 6.42 Å². The molecule has 0 heterocycles. The smallest absolute Gasteiger partial charge is 0.309 e. The van der Waals surface area contributed by atoms with E-state index in [0.717, 1.165) is 5.56 Å². The van der Waals surface area contributed by atoms with Crippen LogP contribution in [0.15, 0.2) is 54.6 Å². The molecule has 0 aromatic heterocycles. The Bertz CT molecular complexity index is 728. The van der Waals surface area contributed by atoms with Gasteiger partial charge in [-0.1, -0.05) is 30.3 Å². The molecule has 2 rings (SSSR count). The Morgan fingerprint density at radius 2 is 1.68 bits per heavy atom. The van der Waals surface area contributed by atoms with E-state index in [1.807, 2.05) is 35.8 Å². The summed E-state index contributed by atoms with van der Waals surface area (Å²) in [6.45, 7) is 0. The van der Waals surface area contributed by atoms with Crippen LogP contribution in [0.1, 0.15) is 15.9 Å². The summed E-state index contributed by atoms with van der Waals surface area (Å²) >= 11 is 0. The van der Waals surface area contributed by atoms with Crippen molar-refractivity contribution in [3.63, 3.8) is 0 Å². The van der Waals surface area contributed by atoms with E-state index in [4.69, 9.17) is 10.0 Å². The van der Waals surface area contributed by atoms with Gasteiger partial charge in [-0.05, 0) is 36.2 Å². The standard InChI is InChI=1S/C15H16N2O4S/c16-17-15(18)13-6-8-14(9-7-13)21-22(19,20)11-10-12-4-2-1-3-5-12/h1-9H,10-11,16H2,(H,17,18). The van der Waals surface area contributed by atoms with Crippen LogP contribution in [0.4, 0.5) is 0 Å². The van der Waals surface area contributed by atoms with Gasteiger partial charge in [-0.2, -0.15) is 8.42 Å². The fourth-order valence-corrected chi connectivity index (χ4v) is 2.79. The van der Waals surface area contributed by atoms with Gasteiger partial charge >= 0.3 is 10.1 Å². The maximum absolute atomic E-state index is 11.9. The van der Waals surface area contributed by atoms with Gasteiger partial charge in [-0.25, -0.2) is 5.84 Å². The lowest BCUT2D eigenvalue weighted by Gasteiger charge is -2.07. The summed E-state index contributed by atoms with van der Waals surface area (Å²) in [4.78, 5) is 11.3. The zero-order valence-corrected chi connectivity index (χ0v) is 12.5. The van der Waals surface area contributed by atoms with Gasteiger partial charge in [0.1, 0.15) is 5.75 Å². The average molecular weight is 320 g/mol. The molecule has 0 bridgehead atoms. The minimum absolute atomic E-state index is 0.123. The van der Waals surface area contributed by atoms with Crippen LogP contribution in [0.25, 0.3) is 0 Å². The van der Waals surface area contributed by atoms with Gasteiger partial charge in [0.05, 0.1) is 5.75 Å². The predicted octanol–water partition coefficient (Wildman–Crippen LogP) is 1.24. The van der Waals surface area contributed by atoms with Crippen molar-refractivity contribution in [3.05, 3.63) is 65.7 Å². The number of nitrogens with two attached hydrogens (primary N) is 1. The second-order valence-electron chi connectivity index (χ2n) is 4.58. The molecule has 3 N–H and O–H groups in total. The van der Waals surface area contributed by atoms with Gasteiger partial charge in [-0.3, -0.25) is 10.2 Å². The molecule has 1 amide bonds. The molecule has 0 aliphatic carbocycles. The van der Waals surface area contributed by atoms with E-state index in [2.05, 4.69) is 0 Å². The zero-order chi connectivity index (χ0) is 16.0. The molecule has 7 heteroatoms. The van der Waals surface area contributed by atoms with Gasteiger partial charge in [0.25, 0.3) is 5.91 Å². The van der Waals surface area contributed by atoms with Crippen LogP contribution in [0.2, 0.25) is 0 Å². The molecular formula is C15H16N2O4S. The zero-order valence-electron chi connectivity index (χ0n) is 11.7. The van der Waals surface area contributed by atoms with E-state index in [1.165, 1.54) is 24.3 Å². The monoisotopic (exact) mass is 320 g/mol. The molecule has 0 saturated carbocycles. The van der Waals surface area contributed by atoms with E-state index >= 15 is 0 Å². The normalized spacial score (nSPS) is 11.0. The summed E-state index contributed by atoms with van der Waals surface area (Å²) in [6.07, 6.45) is 0.372. The fourth-order valence-electron chi connectivity index (χ4n) is 1.82. The van der Waals surface area contributed by atoms with Crippen LogP contribution in [0, 0.1) is 0 Å². The second-order valence-corrected chi connectivity index (χ2v) is 6.27. The Hall–Kier alpha value is -2.38. The lowest BCUT2D eigenvalue weighted by atomic mass is 10.2. The highest BCUT2D eigenvalue weighted by Gasteiger charge is 2.13. The molecule has 0 unspecified atom stereocenters. The van der Waals surface area contributed by atoms with E-state index in [0.29, 0.717) is 12.0 Å². The van der Waals surface area contributed by atoms with Crippen LogP contribution in [0.5, 0.6) is 5.75 Å². The number of rotatable bonds is 6. The lowest BCUT2D eigenvalue weighted by molar-refractivity contribution is 0.0953. The highest BCUT2D eigenvalue weighted by Crippen LogP contribution is 2.15. The minimum atomic E-state index is -3.70. The number of benzene rings is 2. The molecule has 0 fully saturated rings. The number of carbonyl (C=O) groups excluding carboxylic acids is 1. The van der Waals surface area contributed by atoms with Crippen LogP contribution >= 0.6 is 0 Å². The number of hydrogen-bond acceptors (Lipinski definition) is 5. The van der Waals surface area contributed by atoms with Crippen molar-refractivity contribution in [1.29, 1.82) is 0 Å². The summed E-state index contributed by atoms with van der Waals surface area (Å²) < 4.78 is 28.9. The maximum Gasteiger partial charge on any atom is 0.309 e. The Kier molecular flexibility index (Phi) is 5.13. The Labute approximate surface area is 129 Å². The molecule has 0 radical (unpaired) electrons. The van der Waals surface area contributed by atoms with Gasteiger partial charge in [0.2, 0.25) is 0 Å². The fraction of sp³-hybridized carbons (Fsp3) is 0.133. The van der Waals surface area contributed by atoms with Crippen molar-refractivity contribution in [3.8, 4) is 5.75 Å². The summed E-state index contributed by atoms with van der Waals surface area (Å²) in [6, 6.07) is 15.0. The highest BCUT2D eigenvalue weighted by molar-refractivity contribution is 7.87. The van der Waals surface area contributed by atoms with E-state index in [-0.39, 0.29) is 11.5 Å². The van der Waals surface area contributed by atoms with E-state index < -0.39 is 16.0 Å². The molecule has 6 nitrogen and oxygen atoms in total. The third kappa shape index (κ3) is 4.57. The van der Waals surface area contributed by atoms with Gasteiger partial charge < -0.3 is 4.18 Å². The summed E-state index contributed by atoms with van der Waals surface area (Å²) in [5.41, 5.74) is 3.23. The average Bonchev–Trinajstić information content (AvgIpc) is 2.54. The van der Waals surface area contributed by atoms with E-state index in [1.54, 1.807) is 0 Å². The Balaban J connectivity index is 1.98. The molecule has 0 atom stereocenters. The van der Waals surface area contributed by atoms with Crippen LogP contribution in [-0.4, -0.2) is 20.1 Å². The largest absolute Gasteiger partial charge is 0.382 e. The SMILES string of the molecule is NNC(=O)c1ccc(OS(=O)(=O)CCc2ccccc2)cc1. The first kappa shape index (κ1) is 16.0. The lowest BCUT2D eigenvalue weighted by Crippen LogP contribution is -2.29. The maximum atomic E-state index is 11.9. The van der Waals surface area contributed by atoms with Crippen LogP contribution in [0.3, 0.4) is 0 Å². The molecule has 2 aromatic carbocycles. The third-order valence-electron chi connectivity index (χ3n) is 2.95. The van der Waals surface area contributed by atoms with Crippen molar-refractivity contribution in [1.82, 2.24) is 5.43 Å². The van der Waals surface area contributed by atoms with Crippen molar-refractivity contribution in [2.75, 3.05) is 5.75 Å². The first-order chi connectivity index (χ1) is 10.5. The molecular weight excluding hydrogens is 304 g/mol. The number of nitrogen functional groups attached to an aromatic ring is 1. The molecule has 116 valence electrons. The number of aryl methyl sites for hydroxylation is 1. The summed E-state index contributed by atoms with van der Waals surface area (Å²) in [5.74, 6) is 4.58. The van der Waals surface area contributed by atoms with Crippen LogP contribution < -0.4 is 15.5 Å². The Morgan fingerprint density at radius 3 is 2.27 bits per heavy atom. The topological polar surface area (TPSA) is 98.5 Å². The number of hydrogen-bond donors (Lipinski definition) is 2. The number of amides is 1.